The molecule has 5 heteroatoms. The van der Waals surface area contributed by atoms with Crippen LogP contribution in [0.25, 0.3) is 10.9 Å². The van der Waals surface area contributed by atoms with Crippen molar-refractivity contribution in [3.8, 4) is 5.75 Å². The Hall–Kier alpha value is -2.82. The number of aryl methyl sites for hydroxylation is 2. The first kappa shape index (κ1) is 22.9. The number of ether oxygens (including phenoxy) is 1. The number of amides is 1. The largest absolute Gasteiger partial charge is 0.494 e. The average molecular weight is 422 g/mol. The van der Waals surface area contributed by atoms with Crippen LogP contribution < -0.4 is 10.1 Å². The first-order valence-electron chi connectivity index (χ1n) is 11.6. The third-order valence-electron chi connectivity index (χ3n) is 5.52. The zero-order valence-electron chi connectivity index (χ0n) is 18.7. The monoisotopic (exact) mass is 421 g/mol. The van der Waals surface area contributed by atoms with Crippen LogP contribution in [0.2, 0.25) is 0 Å². The van der Waals surface area contributed by atoms with Gasteiger partial charge in [-0.1, -0.05) is 32.3 Å². The van der Waals surface area contributed by atoms with Crippen LogP contribution in [0.3, 0.4) is 0 Å². The van der Waals surface area contributed by atoms with Gasteiger partial charge in [0.1, 0.15) is 5.75 Å². The van der Waals surface area contributed by atoms with Crippen LogP contribution in [0.15, 0.2) is 55.0 Å². The molecule has 0 aliphatic carbocycles. The van der Waals surface area contributed by atoms with Gasteiger partial charge in [-0.05, 0) is 61.6 Å². The van der Waals surface area contributed by atoms with Gasteiger partial charge >= 0.3 is 0 Å². The first-order chi connectivity index (χ1) is 15.3. The Bertz CT molecular complexity index is 921. The topological polar surface area (TPSA) is 56.1 Å². The Labute approximate surface area is 185 Å². The molecular weight excluding hydrogens is 386 g/mol. The molecule has 1 N–H and O–H groups in total. The van der Waals surface area contributed by atoms with E-state index >= 15 is 0 Å². The maximum atomic E-state index is 11.9. The van der Waals surface area contributed by atoms with E-state index in [1.807, 2.05) is 18.3 Å². The molecule has 0 aliphatic heterocycles. The average Bonchev–Trinajstić information content (AvgIpc) is 3.20. The van der Waals surface area contributed by atoms with Gasteiger partial charge in [0.25, 0.3) is 0 Å². The Morgan fingerprint density at radius 3 is 2.84 bits per heavy atom. The van der Waals surface area contributed by atoms with E-state index in [1.54, 1.807) is 6.20 Å². The fourth-order valence-electron chi connectivity index (χ4n) is 3.68. The van der Waals surface area contributed by atoms with Crippen molar-refractivity contribution < 1.29 is 9.53 Å². The molecule has 5 nitrogen and oxygen atoms in total. The molecule has 0 unspecified atom stereocenters. The van der Waals surface area contributed by atoms with Gasteiger partial charge in [-0.25, -0.2) is 0 Å². The van der Waals surface area contributed by atoms with Crippen LogP contribution >= 0.6 is 0 Å². The van der Waals surface area contributed by atoms with Gasteiger partial charge in [0, 0.05) is 49.0 Å². The van der Waals surface area contributed by atoms with Crippen LogP contribution in [-0.4, -0.2) is 28.6 Å². The molecule has 1 amide bonds. The van der Waals surface area contributed by atoms with Crippen LogP contribution in [0, 0.1) is 0 Å². The molecule has 166 valence electrons. The molecule has 0 fully saturated rings. The summed E-state index contributed by atoms with van der Waals surface area (Å²) in [5.41, 5.74) is 2.37. The smallest absolute Gasteiger partial charge is 0.220 e. The van der Waals surface area contributed by atoms with Crippen molar-refractivity contribution in [2.45, 2.75) is 64.8 Å². The lowest BCUT2D eigenvalue weighted by Gasteiger charge is -2.08. The van der Waals surface area contributed by atoms with Crippen LogP contribution in [0.4, 0.5) is 0 Å². The van der Waals surface area contributed by atoms with E-state index in [0.717, 1.165) is 69.5 Å². The van der Waals surface area contributed by atoms with Gasteiger partial charge in [0.05, 0.1) is 6.61 Å². The summed E-state index contributed by atoms with van der Waals surface area (Å²) in [6.07, 6.45) is 13.7. The van der Waals surface area contributed by atoms with E-state index in [1.165, 1.54) is 17.3 Å². The lowest BCUT2D eigenvalue weighted by atomic mass is 10.1. The number of unbranched alkanes of at least 4 members (excludes halogenated alkanes) is 4. The number of nitrogens with zero attached hydrogens (tertiary/aromatic N) is 2. The molecule has 1 aromatic carbocycles. The quantitative estimate of drug-likeness (QED) is 0.349. The minimum Gasteiger partial charge on any atom is -0.494 e. The summed E-state index contributed by atoms with van der Waals surface area (Å²) in [6, 6.07) is 12.5. The number of fused-ring (bicyclic) bond motifs is 1. The number of carbonyl (C=O) groups is 1. The highest BCUT2D eigenvalue weighted by atomic mass is 16.5. The van der Waals surface area contributed by atoms with Crippen molar-refractivity contribution in [2.75, 3.05) is 13.2 Å². The zero-order valence-corrected chi connectivity index (χ0v) is 18.7. The Kier molecular flexibility index (Phi) is 9.42. The maximum Gasteiger partial charge on any atom is 0.220 e. The lowest BCUT2D eigenvalue weighted by Crippen LogP contribution is -2.24. The van der Waals surface area contributed by atoms with Gasteiger partial charge in [-0.2, -0.15) is 0 Å². The molecule has 2 heterocycles. The minimum atomic E-state index is 0.126. The van der Waals surface area contributed by atoms with Crippen molar-refractivity contribution in [3.05, 3.63) is 60.6 Å². The minimum absolute atomic E-state index is 0.126. The summed E-state index contributed by atoms with van der Waals surface area (Å²) in [7, 11) is 0. The maximum absolute atomic E-state index is 11.9. The number of carbonyl (C=O) groups excluding carboxylic acids is 1. The molecule has 0 bridgehead atoms. The Balaban J connectivity index is 1.27. The first-order valence-corrected chi connectivity index (χ1v) is 11.6. The van der Waals surface area contributed by atoms with Crippen molar-refractivity contribution in [2.24, 2.45) is 0 Å². The van der Waals surface area contributed by atoms with Crippen molar-refractivity contribution in [1.82, 2.24) is 14.9 Å². The summed E-state index contributed by atoms with van der Waals surface area (Å²) in [4.78, 5) is 16.0. The van der Waals surface area contributed by atoms with E-state index in [0.29, 0.717) is 6.42 Å². The van der Waals surface area contributed by atoms with Crippen molar-refractivity contribution in [1.29, 1.82) is 0 Å². The molecule has 0 atom stereocenters. The summed E-state index contributed by atoms with van der Waals surface area (Å²) in [6.45, 7) is 4.75. The van der Waals surface area contributed by atoms with Crippen LogP contribution in [-0.2, 0) is 17.8 Å². The molecule has 0 spiro atoms. The van der Waals surface area contributed by atoms with Crippen molar-refractivity contribution >= 4 is 16.8 Å². The van der Waals surface area contributed by atoms with Gasteiger partial charge in [-0.15, -0.1) is 0 Å². The SMILES string of the molecule is CCCCOc1ccc2c(ccn2CCCCCCNC(=O)CCc2cccnc2)c1. The van der Waals surface area contributed by atoms with Gasteiger partial charge in [0.2, 0.25) is 5.91 Å². The standard InChI is InChI=1S/C26H35N3O2/c1-2-3-19-31-24-11-12-25-23(20-24)14-18-29(25)17-7-5-4-6-16-28-26(30)13-10-22-9-8-15-27-21-22/h8-9,11-12,14-15,18,20-21H,2-7,10,13,16-17,19H2,1H3,(H,28,30). The molecule has 2 aromatic heterocycles. The van der Waals surface area contributed by atoms with Crippen molar-refractivity contribution in [3.63, 3.8) is 0 Å². The van der Waals surface area contributed by atoms with Gasteiger partial charge in [0.15, 0.2) is 0 Å². The molecule has 0 aliphatic rings. The Morgan fingerprint density at radius 2 is 2.00 bits per heavy atom. The van der Waals surface area contributed by atoms with E-state index < -0.39 is 0 Å². The lowest BCUT2D eigenvalue weighted by molar-refractivity contribution is -0.121. The molecular formula is C26H35N3O2. The fourth-order valence-corrected chi connectivity index (χ4v) is 3.68. The third-order valence-corrected chi connectivity index (χ3v) is 5.52. The highest BCUT2D eigenvalue weighted by molar-refractivity contribution is 5.81. The predicted molar refractivity (Wildman–Crippen MR) is 126 cm³/mol. The third kappa shape index (κ3) is 7.74. The number of hydrogen-bond acceptors (Lipinski definition) is 3. The second-order valence-electron chi connectivity index (χ2n) is 8.06. The fraction of sp³-hybridized carbons (Fsp3) is 0.462. The Morgan fingerprint density at radius 1 is 1.10 bits per heavy atom. The van der Waals surface area contributed by atoms with Gasteiger partial charge in [-0.3, -0.25) is 9.78 Å². The summed E-state index contributed by atoms with van der Waals surface area (Å²) in [5.74, 6) is 1.09. The molecule has 0 radical (unpaired) electrons. The summed E-state index contributed by atoms with van der Waals surface area (Å²) in [5, 5.41) is 4.27. The van der Waals surface area contributed by atoms with Crippen LogP contribution in [0.1, 0.15) is 57.4 Å². The molecule has 3 rings (SSSR count). The molecule has 0 saturated carbocycles. The number of pyridine rings is 1. The summed E-state index contributed by atoms with van der Waals surface area (Å²) >= 11 is 0. The number of rotatable bonds is 14. The second kappa shape index (κ2) is 12.8. The number of benzene rings is 1. The molecule has 31 heavy (non-hydrogen) atoms. The van der Waals surface area contributed by atoms with E-state index in [4.69, 9.17) is 4.74 Å². The molecule has 3 aromatic rings. The van der Waals surface area contributed by atoms with E-state index in [9.17, 15) is 4.79 Å². The summed E-state index contributed by atoms with van der Waals surface area (Å²) < 4.78 is 8.14. The number of nitrogens with one attached hydrogen (secondary N) is 1. The van der Waals surface area contributed by atoms with Crippen LogP contribution in [0.5, 0.6) is 5.75 Å². The number of hydrogen-bond donors (Lipinski definition) is 1. The highest BCUT2D eigenvalue weighted by Crippen LogP contribution is 2.23. The van der Waals surface area contributed by atoms with E-state index in [-0.39, 0.29) is 5.91 Å². The van der Waals surface area contributed by atoms with E-state index in [2.05, 4.69) is 52.3 Å². The molecule has 0 saturated heterocycles. The highest BCUT2D eigenvalue weighted by Gasteiger charge is 2.04. The van der Waals surface area contributed by atoms with Gasteiger partial charge < -0.3 is 14.6 Å². The normalized spacial score (nSPS) is 11.0. The zero-order chi connectivity index (χ0) is 21.7. The predicted octanol–water partition coefficient (Wildman–Crippen LogP) is 5.52. The second-order valence-corrected chi connectivity index (χ2v) is 8.06. The number of aromatic nitrogens is 2.